The maximum atomic E-state index is 11.8. The standard InChI is InChI=1S/C15H19N3O4/c1-10-5-6-11(12(19)8-10)16-13(20)4-3-7-18-14(21)9-17(2)15(18)22/h5-6,8,19H,3-4,7,9H2,1-2H3,(H,16,20). The van der Waals surface area contributed by atoms with E-state index < -0.39 is 0 Å². The molecule has 0 aromatic heterocycles. The molecule has 118 valence electrons. The van der Waals surface area contributed by atoms with E-state index in [1.54, 1.807) is 25.2 Å². The van der Waals surface area contributed by atoms with Crippen LogP contribution in [-0.2, 0) is 9.59 Å². The van der Waals surface area contributed by atoms with Gasteiger partial charge in [-0.3, -0.25) is 14.5 Å². The number of phenolic OH excluding ortho intramolecular Hbond substituents is 1. The van der Waals surface area contributed by atoms with Crippen LogP contribution in [0.2, 0.25) is 0 Å². The van der Waals surface area contributed by atoms with Gasteiger partial charge in [0.15, 0.2) is 0 Å². The van der Waals surface area contributed by atoms with E-state index in [1.165, 1.54) is 4.90 Å². The van der Waals surface area contributed by atoms with E-state index in [-0.39, 0.29) is 43.1 Å². The zero-order valence-electron chi connectivity index (χ0n) is 12.6. The monoisotopic (exact) mass is 305 g/mol. The number of likely N-dealkylation sites (N-methyl/N-ethyl adjacent to an activating group) is 1. The van der Waals surface area contributed by atoms with Crippen molar-refractivity contribution in [3.05, 3.63) is 23.8 Å². The number of carbonyl (C=O) groups is 3. The Kier molecular flexibility index (Phi) is 4.65. The molecule has 22 heavy (non-hydrogen) atoms. The number of carbonyl (C=O) groups excluding carboxylic acids is 3. The molecule has 0 radical (unpaired) electrons. The molecular weight excluding hydrogens is 286 g/mol. The molecular formula is C15H19N3O4. The molecule has 2 N–H and O–H groups in total. The van der Waals surface area contributed by atoms with Gasteiger partial charge in [0, 0.05) is 20.0 Å². The van der Waals surface area contributed by atoms with Gasteiger partial charge in [-0.1, -0.05) is 6.07 Å². The molecule has 0 spiro atoms. The smallest absolute Gasteiger partial charge is 0.326 e. The predicted octanol–water partition coefficient (Wildman–Crippen LogP) is 1.31. The van der Waals surface area contributed by atoms with Crippen molar-refractivity contribution < 1.29 is 19.5 Å². The lowest BCUT2D eigenvalue weighted by molar-refractivity contribution is -0.125. The highest BCUT2D eigenvalue weighted by Crippen LogP contribution is 2.24. The van der Waals surface area contributed by atoms with Crippen LogP contribution in [0.3, 0.4) is 0 Å². The van der Waals surface area contributed by atoms with Crippen LogP contribution in [0.4, 0.5) is 10.5 Å². The zero-order chi connectivity index (χ0) is 16.3. The second-order valence-corrected chi connectivity index (χ2v) is 5.36. The summed E-state index contributed by atoms with van der Waals surface area (Å²) in [4.78, 5) is 37.5. The molecule has 1 fully saturated rings. The Labute approximate surface area is 128 Å². The minimum absolute atomic E-state index is 0.0138. The molecule has 1 saturated heterocycles. The third-order valence-electron chi connectivity index (χ3n) is 3.44. The van der Waals surface area contributed by atoms with Crippen LogP contribution in [0.5, 0.6) is 5.75 Å². The van der Waals surface area contributed by atoms with Gasteiger partial charge in [0.2, 0.25) is 11.8 Å². The van der Waals surface area contributed by atoms with Crippen molar-refractivity contribution in [1.82, 2.24) is 9.80 Å². The molecule has 1 aliphatic rings. The second-order valence-electron chi connectivity index (χ2n) is 5.36. The Bertz CT molecular complexity index is 615. The normalized spacial score (nSPS) is 14.6. The molecule has 1 aromatic rings. The Morgan fingerprint density at radius 2 is 2.09 bits per heavy atom. The lowest BCUT2D eigenvalue weighted by Gasteiger charge is -2.14. The second kappa shape index (κ2) is 6.46. The molecule has 0 bridgehead atoms. The van der Waals surface area contributed by atoms with Crippen molar-refractivity contribution in [2.45, 2.75) is 19.8 Å². The molecule has 0 saturated carbocycles. The van der Waals surface area contributed by atoms with Crippen molar-refractivity contribution in [3.8, 4) is 5.75 Å². The largest absolute Gasteiger partial charge is 0.506 e. The molecule has 0 aliphatic carbocycles. The highest BCUT2D eigenvalue weighted by molar-refractivity contribution is 6.01. The summed E-state index contributed by atoms with van der Waals surface area (Å²) in [5.41, 5.74) is 1.24. The number of imide groups is 1. The number of phenols is 1. The molecule has 7 heteroatoms. The van der Waals surface area contributed by atoms with Crippen LogP contribution in [0.25, 0.3) is 0 Å². The van der Waals surface area contributed by atoms with Crippen molar-refractivity contribution in [2.24, 2.45) is 0 Å². The van der Waals surface area contributed by atoms with Crippen LogP contribution >= 0.6 is 0 Å². The first-order valence-corrected chi connectivity index (χ1v) is 7.03. The number of anilines is 1. The fourth-order valence-electron chi connectivity index (χ4n) is 2.25. The van der Waals surface area contributed by atoms with Crippen LogP contribution in [-0.4, -0.2) is 52.9 Å². The van der Waals surface area contributed by atoms with Crippen LogP contribution in [0, 0.1) is 6.92 Å². The van der Waals surface area contributed by atoms with Gasteiger partial charge in [-0.25, -0.2) is 4.79 Å². The maximum absolute atomic E-state index is 11.8. The predicted molar refractivity (Wildman–Crippen MR) is 80.4 cm³/mol. The van der Waals surface area contributed by atoms with E-state index in [1.807, 2.05) is 6.92 Å². The molecule has 4 amide bonds. The lowest BCUT2D eigenvalue weighted by atomic mass is 10.2. The fourth-order valence-corrected chi connectivity index (χ4v) is 2.25. The van der Waals surface area contributed by atoms with Gasteiger partial charge < -0.3 is 15.3 Å². The summed E-state index contributed by atoms with van der Waals surface area (Å²) in [6, 6.07) is 4.65. The third-order valence-corrected chi connectivity index (χ3v) is 3.44. The van der Waals surface area contributed by atoms with Crippen molar-refractivity contribution in [1.29, 1.82) is 0 Å². The number of amides is 4. The quantitative estimate of drug-likeness (QED) is 0.634. The van der Waals surface area contributed by atoms with Gasteiger partial charge in [-0.2, -0.15) is 0 Å². The van der Waals surface area contributed by atoms with Gasteiger partial charge in [0.25, 0.3) is 0 Å². The van der Waals surface area contributed by atoms with E-state index in [9.17, 15) is 19.5 Å². The van der Waals surface area contributed by atoms with Crippen molar-refractivity contribution in [3.63, 3.8) is 0 Å². The van der Waals surface area contributed by atoms with Crippen molar-refractivity contribution >= 4 is 23.5 Å². The maximum Gasteiger partial charge on any atom is 0.326 e. The van der Waals surface area contributed by atoms with Crippen LogP contribution < -0.4 is 5.32 Å². The minimum atomic E-state index is -0.332. The first-order valence-electron chi connectivity index (χ1n) is 7.03. The van der Waals surface area contributed by atoms with E-state index in [4.69, 9.17) is 0 Å². The SMILES string of the molecule is Cc1ccc(NC(=O)CCCN2C(=O)CN(C)C2=O)c(O)c1. The molecule has 0 unspecified atom stereocenters. The number of hydrogen-bond donors (Lipinski definition) is 2. The Balaban J connectivity index is 1.81. The topological polar surface area (TPSA) is 90.0 Å². The number of nitrogens with zero attached hydrogens (tertiary/aromatic N) is 2. The first-order chi connectivity index (χ1) is 10.4. The van der Waals surface area contributed by atoms with Crippen LogP contribution in [0.1, 0.15) is 18.4 Å². The summed E-state index contributed by atoms with van der Waals surface area (Å²) in [6.07, 6.45) is 0.540. The molecule has 1 heterocycles. The zero-order valence-corrected chi connectivity index (χ0v) is 12.6. The number of aryl methyl sites for hydroxylation is 1. The summed E-state index contributed by atoms with van der Waals surface area (Å²) in [5.74, 6) is -0.504. The number of benzene rings is 1. The summed E-state index contributed by atoms with van der Waals surface area (Å²) < 4.78 is 0. The summed E-state index contributed by atoms with van der Waals surface area (Å²) >= 11 is 0. The molecule has 0 atom stereocenters. The average Bonchev–Trinajstić information content (AvgIpc) is 2.68. The fraction of sp³-hybridized carbons (Fsp3) is 0.400. The highest BCUT2D eigenvalue weighted by Gasteiger charge is 2.32. The minimum Gasteiger partial charge on any atom is -0.506 e. The third kappa shape index (κ3) is 3.55. The van der Waals surface area contributed by atoms with E-state index in [0.29, 0.717) is 12.1 Å². The van der Waals surface area contributed by atoms with E-state index in [0.717, 1.165) is 10.5 Å². The van der Waals surface area contributed by atoms with E-state index in [2.05, 4.69) is 5.32 Å². The highest BCUT2D eigenvalue weighted by atomic mass is 16.3. The Morgan fingerprint density at radius 3 is 2.68 bits per heavy atom. The number of nitrogens with one attached hydrogen (secondary N) is 1. The summed E-state index contributed by atoms with van der Waals surface area (Å²) in [6.45, 7) is 2.14. The first kappa shape index (κ1) is 15.8. The summed E-state index contributed by atoms with van der Waals surface area (Å²) in [7, 11) is 1.56. The number of rotatable bonds is 5. The number of aromatic hydroxyl groups is 1. The lowest BCUT2D eigenvalue weighted by Crippen LogP contribution is -2.32. The molecule has 2 rings (SSSR count). The average molecular weight is 305 g/mol. The van der Waals surface area contributed by atoms with E-state index >= 15 is 0 Å². The number of hydrogen-bond acceptors (Lipinski definition) is 4. The molecule has 7 nitrogen and oxygen atoms in total. The molecule has 1 aromatic carbocycles. The Morgan fingerprint density at radius 1 is 1.36 bits per heavy atom. The van der Waals surface area contributed by atoms with Crippen LogP contribution in [0.15, 0.2) is 18.2 Å². The van der Waals surface area contributed by atoms with Gasteiger partial charge in [-0.05, 0) is 31.0 Å². The Hall–Kier alpha value is -2.57. The van der Waals surface area contributed by atoms with Gasteiger partial charge >= 0.3 is 6.03 Å². The van der Waals surface area contributed by atoms with Crippen molar-refractivity contribution in [2.75, 3.05) is 25.5 Å². The van der Waals surface area contributed by atoms with Gasteiger partial charge in [0.05, 0.1) is 5.69 Å². The summed E-state index contributed by atoms with van der Waals surface area (Å²) in [5, 5.41) is 12.3. The van der Waals surface area contributed by atoms with Gasteiger partial charge in [0.1, 0.15) is 12.3 Å². The van der Waals surface area contributed by atoms with Gasteiger partial charge in [-0.15, -0.1) is 0 Å². The molecule has 1 aliphatic heterocycles. The number of urea groups is 1.